The zero-order chi connectivity index (χ0) is 5.54. The summed E-state index contributed by atoms with van der Waals surface area (Å²) in [5.74, 6) is 0. The molecule has 0 atom stereocenters. The highest BCUT2D eigenvalue weighted by molar-refractivity contribution is 4.64. The van der Waals surface area contributed by atoms with Gasteiger partial charge in [0.25, 0.3) is 0 Å². The van der Waals surface area contributed by atoms with Gasteiger partial charge in [0, 0.05) is 0 Å². The molecule has 6 heavy (non-hydrogen) atoms. The predicted molar refractivity (Wildman–Crippen MR) is 29.7 cm³/mol. The highest BCUT2D eigenvalue weighted by atomic mass is 13.8. The van der Waals surface area contributed by atoms with Crippen LogP contribution in [-0.4, -0.2) is 0 Å². The van der Waals surface area contributed by atoms with Gasteiger partial charge in [0.2, 0.25) is 0 Å². The minimum Gasteiger partial charge on any atom is -0.103 e. The molecule has 0 aliphatic carbocycles. The van der Waals surface area contributed by atoms with Gasteiger partial charge in [-0.25, -0.2) is 0 Å². The SMILES string of the molecule is [2H]/C=C/CCCC. The van der Waals surface area contributed by atoms with Crippen LogP contribution in [0.5, 0.6) is 0 Å². The van der Waals surface area contributed by atoms with Crippen molar-refractivity contribution in [2.45, 2.75) is 26.2 Å². The van der Waals surface area contributed by atoms with E-state index >= 15 is 0 Å². The van der Waals surface area contributed by atoms with Crippen molar-refractivity contribution in [3.63, 3.8) is 0 Å². The molecule has 0 rings (SSSR count). The Kier molecular flexibility index (Phi) is 3.09. The van der Waals surface area contributed by atoms with E-state index in [0.717, 1.165) is 6.42 Å². The van der Waals surface area contributed by atoms with Gasteiger partial charge in [0.05, 0.1) is 1.37 Å². The number of unbranched alkanes of at least 4 members (excludes halogenated alkanes) is 2. The van der Waals surface area contributed by atoms with Crippen LogP contribution in [0.25, 0.3) is 0 Å². The molecule has 0 radical (unpaired) electrons. The van der Waals surface area contributed by atoms with E-state index in [-0.39, 0.29) is 0 Å². The summed E-state index contributed by atoms with van der Waals surface area (Å²) >= 11 is 0. The van der Waals surface area contributed by atoms with Crippen molar-refractivity contribution in [2.75, 3.05) is 0 Å². The normalized spacial score (nSPS) is 12.5. The van der Waals surface area contributed by atoms with E-state index < -0.39 is 0 Å². The zero-order valence-corrected chi connectivity index (χ0v) is 4.28. The Morgan fingerprint density at radius 1 is 2.00 bits per heavy atom. The number of allylic oxidation sites excluding steroid dienone is 1. The van der Waals surface area contributed by atoms with Crippen LogP contribution >= 0.6 is 0 Å². The van der Waals surface area contributed by atoms with Crippen LogP contribution in [0.15, 0.2) is 12.6 Å². The highest BCUT2D eigenvalue weighted by Crippen LogP contribution is 1.91. The summed E-state index contributed by atoms with van der Waals surface area (Å²) in [6.07, 6.45) is 5.39. The monoisotopic (exact) mass is 85.1 g/mol. The molecule has 0 fully saturated rings. The van der Waals surface area contributed by atoms with Crippen molar-refractivity contribution in [1.82, 2.24) is 0 Å². The first kappa shape index (κ1) is 3.91. The molecule has 0 heterocycles. The first-order chi connectivity index (χ1) is 3.41. The average Bonchev–Trinajstić information content (AvgIpc) is 1.69. The van der Waals surface area contributed by atoms with Crippen molar-refractivity contribution in [3.05, 3.63) is 12.6 Å². The van der Waals surface area contributed by atoms with Crippen molar-refractivity contribution < 1.29 is 1.37 Å². The fraction of sp³-hybridized carbons (Fsp3) is 0.667. The minimum absolute atomic E-state index is 1.07. The quantitative estimate of drug-likeness (QED) is 0.364. The van der Waals surface area contributed by atoms with E-state index in [9.17, 15) is 0 Å². The maximum absolute atomic E-state index is 6.60. The number of hydrogen-bond donors (Lipinski definition) is 0. The first-order valence-corrected chi connectivity index (χ1v) is 2.45. The molecule has 0 aromatic heterocycles. The largest absolute Gasteiger partial charge is 0.103 e. The van der Waals surface area contributed by atoms with Gasteiger partial charge in [-0.2, -0.15) is 0 Å². The average molecular weight is 85.2 g/mol. The summed E-state index contributed by atoms with van der Waals surface area (Å²) in [5.41, 5.74) is 0. The molecule has 0 nitrogen and oxygen atoms in total. The lowest BCUT2D eigenvalue weighted by Gasteiger charge is -1.81. The molecular formula is C6H12. The maximum atomic E-state index is 6.60. The molecule has 0 aromatic carbocycles. The van der Waals surface area contributed by atoms with Crippen molar-refractivity contribution in [3.8, 4) is 0 Å². The van der Waals surface area contributed by atoms with Crippen molar-refractivity contribution >= 4 is 0 Å². The number of hydrogen-bond acceptors (Lipinski definition) is 0. The lowest BCUT2D eigenvalue weighted by molar-refractivity contribution is 0.816. The summed E-state index contributed by atoms with van der Waals surface area (Å²) in [5, 5.41) is 0. The third-order valence-corrected chi connectivity index (χ3v) is 0.724. The van der Waals surface area contributed by atoms with Gasteiger partial charge in [-0.3, -0.25) is 0 Å². The lowest BCUT2D eigenvalue weighted by Crippen LogP contribution is -1.61. The summed E-state index contributed by atoms with van der Waals surface area (Å²) < 4.78 is 6.60. The van der Waals surface area contributed by atoms with Gasteiger partial charge in [-0.05, 0) is 6.42 Å². The molecule has 0 saturated heterocycles. The van der Waals surface area contributed by atoms with Gasteiger partial charge in [-0.1, -0.05) is 25.8 Å². The molecule has 0 heteroatoms. The second-order valence-corrected chi connectivity index (χ2v) is 1.38. The lowest BCUT2D eigenvalue weighted by atomic mass is 10.3. The highest BCUT2D eigenvalue weighted by Gasteiger charge is 1.71. The second kappa shape index (κ2) is 4.74. The topological polar surface area (TPSA) is 0 Å². The standard InChI is InChI=1S/C6H12/c1-3-5-6-4-2/h3H,1,4-6H2,2H3/i1D/b3-1+. The minimum atomic E-state index is 1.07. The molecule has 0 N–H and O–H groups in total. The Labute approximate surface area is 41.3 Å². The Morgan fingerprint density at radius 3 is 3.33 bits per heavy atom. The van der Waals surface area contributed by atoms with Crippen LogP contribution in [0.4, 0.5) is 0 Å². The second-order valence-electron chi connectivity index (χ2n) is 1.38. The maximum Gasteiger partial charge on any atom is 0.0534 e. The molecule has 0 bridgehead atoms. The Morgan fingerprint density at radius 2 is 2.83 bits per heavy atom. The first-order valence-electron chi connectivity index (χ1n) is 3.03. The van der Waals surface area contributed by atoms with Crippen LogP contribution in [0, 0.1) is 0 Å². The molecule has 0 saturated carbocycles. The molecule has 0 amide bonds. The van der Waals surface area contributed by atoms with Crippen LogP contribution in [0.2, 0.25) is 0 Å². The van der Waals surface area contributed by atoms with E-state index in [4.69, 9.17) is 1.37 Å². The van der Waals surface area contributed by atoms with Gasteiger partial charge < -0.3 is 0 Å². The fourth-order valence-electron chi connectivity index (χ4n) is 0.322. The Hall–Kier alpha value is -0.260. The molecule has 0 aliphatic rings. The molecular weight excluding hydrogens is 72.1 g/mol. The van der Waals surface area contributed by atoms with Crippen LogP contribution < -0.4 is 0 Å². The zero-order valence-electron chi connectivity index (χ0n) is 5.28. The van der Waals surface area contributed by atoms with E-state index in [2.05, 4.69) is 6.92 Å². The van der Waals surface area contributed by atoms with Crippen molar-refractivity contribution in [1.29, 1.82) is 0 Å². The van der Waals surface area contributed by atoms with E-state index in [1.807, 2.05) is 6.08 Å². The smallest absolute Gasteiger partial charge is 0.0534 e. The molecule has 0 unspecified atom stereocenters. The van der Waals surface area contributed by atoms with Crippen LogP contribution in [-0.2, 0) is 0 Å². The summed E-state index contributed by atoms with van der Waals surface area (Å²) in [7, 11) is 0. The molecule has 0 aliphatic heterocycles. The van der Waals surface area contributed by atoms with Gasteiger partial charge in [0.1, 0.15) is 0 Å². The van der Waals surface area contributed by atoms with Gasteiger partial charge >= 0.3 is 0 Å². The van der Waals surface area contributed by atoms with Gasteiger partial charge in [0.15, 0.2) is 0 Å². The van der Waals surface area contributed by atoms with E-state index in [0.29, 0.717) is 0 Å². The fourth-order valence-corrected chi connectivity index (χ4v) is 0.322. The third-order valence-electron chi connectivity index (χ3n) is 0.724. The summed E-state index contributed by atoms with van der Waals surface area (Å²) in [6.45, 7) is 3.51. The Balaban J connectivity index is 2.69. The predicted octanol–water partition coefficient (Wildman–Crippen LogP) is 2.36. The third kappa shape index (κ3) is 3.74. The summed E-state index contributed by atoms with van der Waals surface area (Å²) in [4.78, 5) is 0. The molecule has 36 valence electrons. The molecule has 0 spiro atoms. The van der Waals surface area contributed by atoms with Gasteiger partial charge in [-0.15, -0.1) is 6.55 Å². The Bertz CT molecular complexity index is 48.1. The van der Waals surface area contributed by atoms with E-state index in [1.165, 1.54) is 19.4 Å². The van der Waals surface area contributed by atoms with Crippen LogP contribution in [0.1, 0.15) is 27.6 Å². The van der Waals surface area contributed by atoms with Crippen molar-refractivity contribution in [2.24, 2.45) is 0 Å². The summed E-state index contributed by atoms with van der Waals surface area (Å²) in [6, 6.07) is 0. The van der Waals surface area contributed by atoms with Crippen LogP contribution in [0.3, 0.4) is 0 Å². The molecule has 0 aromatic rings. The number of rotatable bonds is 3. The van der Waals surface area contributed by atoms with E-state index in [1.54, 1.807) is 0 Å².